The van der Waals surface area contributed by atoms with Crippen molar-refractivity contribution in [2.45, 2.75) is 12.8 Å². The fourth-order valence-corrected chi connectivity index (χ4v) is 1.19. The maximum absolute atomic E-state index is 5.63. The van der Waals surface area contributed by atoms with E-state index in [4.69, 9.17) is 11.6 Å². The van der Waals surface area contributed by atoms with E-state index < -0.39 is 0 Å². The highest BCUT2D eigenvalue weighted by molar-refractivity contribution is 6.17. The molecule has 0 aliphatic rings. The van der Waals surface area contributed by atoms with E-state index in [9.17, 15) is 0 Å². The molecule has 2 heterocycles. The van der Waals surface area contributed by atoms with E-state index >= 15 is 0 Å². The summed E-state index contributed by atoms with van der Waals surface area (Å²) in [6.07, 6.45) is 6.83. The summed E-state index contributed by atoms with van der Waals surface area (Å²) < 4.78 is 0. The Morgan fingerprint density at radius 3 is 1.87 bits per heavy atom. The zero-order valence-electron chi connectivity index (χ0n) is 8.18. The Kier molecular flexibility index (Phi) is 2.87. The SMILES string of the molecule is Cc1cnc(-c2ncc(CCl)cn2)nc1. The minimum atomic E-state index is 0.412. The van der Waals surface area contributed by atoms with Gasteiger partial charge in [-0.2, -0.15) is 0 Å². The van der Waals surface area contributed by atoms with Crippen LogP contribution in [0.1, 0.15) is 11.1 Å². The Bertz CT molecular complexity index is 438. The molecule has 2 aromatic rings. The first-order chi connectivity index (χ1) is 7.29. The molecule has 0 fully saturated rings. The fourth-order valence-electron chi connectivity index (χ4n) is 1.05. The van der Waals surface area contributed by atoms with E-state index in [1.54, 1.807) is 24.8 Å². The fraction of sp³-hybridized carbons (Fsp3) is 0.200. The van der Waals surface area contributed by atoms with Crippen LogP contribution >= 0.6 is 11.6 Å². The molecule has 0 unspecified atom stereocenters. The predicted molar refractivity (Wildman–Crippen MR) is 57.4 cm³/mol. The van der Waals surface area contributed by atoms with Gasteiger partial charge in [-0.05, 0) is 12.5 Å². The van der Waals surface area contributed by atoms with Gasteiger partial charge in [0, 0.05) is 30.4 Å². The van der Waals surface area contributed by atoms with Crippen molar-refractivity contribution < 1.29 is 0 Å². The summed E-state index contributed by atoms with van der Waals surface area (Å²) in [6.45, 7) is 1.93. The molecule has 0 saturated heterocycles. The zero-order valence-corrected chi connectivity index (χ0v) is 8.94. The average Bonchev–Trinajstić information content (AvgIpc) is 2.30. The molecule has 76 valence electrons. The molecule has 0 aliphatic heterocycles. The van der Waals surface area contributed by atoms with E-state index in [-0.39, 0.29) is 0 Å². The zero-order chi connectivity index (χ0) is 10.7. The third-order valence-corrected chi connectivity index (χ3v) is 2.15. The molecular formula is C10H9ClN4. The molecule has 4 nitrogen and oxygen atoms in total. The van der Waals surface area contributed by atoms with Gasteiger partial charge in [-0.25, -0.2) is 19.9 Å². The van der Waals surface area contributed by atoms with E-state index in [0.717, 1.165) is 11.1 Å². The van der Waals surface area contributed by atoms with Crippen molar-refractivity contribution in [2.75, 3.05) is 0 Å². The summed E-state index contributed by atoms with van der Waals surface area (Å²) >= 11 is 5.63. The van der Waals surface area contributed by atoms with Gasteiger partial charge in [0.1, 0.15) is 0 Å². The van der Waals surface area contributed by atoms with Crippen LogP contribution in [0.4, 0.5) is 0 Å². The van der Waals surface area contributed by atoms with Crippen molar-refractivity contribution in [3.63, 3.8) is 0 Å². The van der Waals surface area contributed by atoms with Gasteiger partial charge in [0.2, 0.25) is 0 Å². The Morgan fingerprint density at radius 2 is 1.40 bits per heavy atom. The van der Waals surface area contributed by atoms with E-state index in [2.05, 4.69) is 19.9 Å². The van der Waals surface area contributed by atoms with Crippen LogP contribution in [0.25, 0.3) is 11.6 Å². The molecule has 5 heteroatoms. The van der Waals surface area contributed by atoms with Crippen molar-refractivity contribution >= 4 is 11.6 Å². The second-order valence-electron chi connectivity index (χ2n) is 3.13. The minimum Gasteiger partial charge on any atom is -0.234 e. The van der Waals surface area contributed by atoms with Crippen LogP contribution in [-0.2, 0) is 5.88 Å². The van der Waals surface area contributed by atoms with Gasteiger partial charge >= 0.3 is 0 Å². The molecule has 0 bridgehead atoms. The monoisotopic (exact) mass is 220 g/mol. The summed E-state index contributed by atoms with van der Waals surface area (Å²) in [5.74, 6) is 1.46. The van der Waals surface area contributed by atoms with Crippen LogP contribution in [-0.4, -0.2) is 19.9 Å². The third kappa shape index (κ3) is 2.27. The number of rotatable bonds is 2. The summed E-state index contributed by atoms with van der Waals surface area (Å²) in [7, 11) is 0. The molecule has 0 atom stereocenters. The molecule has 0 amide bonds. The molecule has 2 rings (SSSR count). The Balaban J connectivity index is 2.33. The lowest BCUT2D eigenvalue weighted by atomic mass is 10.3. The van der Waals surface area contributed by atoms with E-state index in [1.165, 1.54) is 0 Å². The summed E-state index contributed by atoms with van der Waals surface area (Å²) in [5.41, 5.74) is 1.89. The second-order valence-corrected chi connectivity index (χ2v) is 3.40. The van der Waals surface area contributed by atoms with Gasteiger partial charge in [0.05, 0.1) is 5.88 Å². The van der Waals surface area contributed by atoms with Crippen LogP contribution in [0.15, 0.2) is 24.8 Å². The number of hydrogen-bond acceptors (Lipinski definition) is 4. The molecule has 0 aliphatic carbocycles. The maximum atomic E-state index is 5.63. The lowest BCUT2D eigenvalue weighted by Crippen LogP contribution is -1.95. The summed E-state index contributed by atoms with van der Waals surface area (Å²) in [6, 6.07) is 0. The van der Waals surface area contributed by atoms with E-state index in [0.29, 0.717) is 17.5 Å². The van der Waals surface area contributed by atoms with Crippen molar-refractivity contribution in [3.05, 3.63) is 35.9 Å². The highest BCUT2D eigenvalue weighted by atomic mass is 35.5. The van der Waals surface area contributed by atoms with Crippen molar-refractivity contribution in [2.24, 2.45) is 0 Å². The largest absolute Gasteiger partial charge is 0.234 e. The average molecular weight is 221 g/mol. The second kappa shape index (κ2) is 4.31. The normalized spacial score (nSPS) is 10.3. The van der Waals surface area contributed by atoms with Crippen LogP contribution < -0.4 is 0 Å². The van der Waals surface area contributed by atoms with Gasteiger partial charge in [-0.1, -0.05) is 0 Å². The number of aryl methyl sites for hydroxylation is 1. The van der Waals surface area contributed by atoms with Crippen LogP contribution in [0, 0.1) is 6.92 Å². The third-order valence-electron chi connectivity index (χ3n) is 1.84. The molecular weight excluding hydrogens is 212 g/mol. The molecule has 0 N–H and O–H groups in total. The number of aromatic nitrogens is 4. The molecule has 15 heavy (non-hydrogen) atoms. The quantitative estimate of drug-likeness (QED) is 0.727. The number of hydrogen-bond donors (Lipinski definition) is 0. The predicted octanol–water partition coefficient (Wildman–Crippen LogP) is 1.98. The molecule has 0 spiro atoms. The topological polar surface area (TPSA) is 51.6 Å². The maximum Gasteiger partial charge on any atom is 0.197 e. The molecule has 2 aromatic heterocycles. The first kappa shape index (κ1) is 9.98. The minimum absolute atomic E-state index is 0.412. The summed E-state index contributed by atoms with van der Waals surface area (Å²) in [4.78, 5) is 16.5. The van der Waals surface area contributed by atoms with Gasteiger partial charge in [0.15, 0.2) is 11.6 Å². The Morgan fingerprint density at radius 1 is 0.933 bits per heavy atom. The van der Waals surface area contributed by atoms with Crippen LogP contribution in [0.3, 0.4) is 0 Å². The molecule has 0 radical (unpaired) electrons. The van der Waals surface area contributed by atoms with Gasteiger partial charge in [-0.15, -0.1) is 11.6 Å². The van der Waals surface area contributed by atoms with Crippen molar-refractivity contribution in [1.82, 2.24) is 19.9 Å². The summed E-state index contributed by atoms with van der Waals surface area (Å²) in [5, 5.41) is 0. The molecule has 0 saturated carbocycles. The highest BCUT2D eigenvalue weighted by Gasteiger charge is 2.03. The highest BCUT2D eigenvalue weighted by Crippen LogP contribution is 2.09. The number of nitrogens with zero attached hydrogens (tertiary/aromatic N) is 4. The standard InChI is InChI=1S/C10H9ClN4/c1-7-3-12-9(13-4-7)10-14-5-8(2-11)6-15-10/h3-6H,2H2,1H3. The molecule has 0 aromatic carbocycles. The van der Waals surface area contributed by atoms with Crippen molar-refractivity contribution in [1.29, 1.82) is 0 Å². The first-order valence-corrected chi connectivity index (χ1v) is 4.99. The first-order valence-electron chi connectivity index (χ1n) is 4.45. The number of alkyl halides is 1. The van der Waals surface area contributed by atoms with Crippen LogP contribution in [0.5, 0.6) is 0 Å². The van der Waals surface area contributed by atoms with Gasteiger partial charge < -0.3 is 0 Å². The van der Waals surface area contributed by atoms with Gasteiger partial charge in [-0.3, -0.25) is 0 Å². The lowest BCUT2D eigenvalue weighted by Gasteiger charge is -1.99. The smallest absolute Gasteiger partial charge is 0.197 e. The van der Waals surface area contributed by atoms with Crippen molar-refractivity contribution in [3.8, 4) is 11.6 Å². The number of halogens is 1. The Hall–Kier alpha value is -1.55. The van der Waals surface area contributed by atoms with Crippen LogP contribution in [0.2, 0.25) is 0 Å². The van der Waals surface area contributed by atoms with Gasteiger partial charge in [0.25, 0.3) is 0 Å². The van der Waals surface area contributed by atoms with E-state index in [1.807, 2.05) is 6.92 Å². The lowest BCUT2D eigenvalue weighted by molar-refractivity contribution is 1.05. The Labute approximate surface area is 92.4 Å².